The van der Waals surface area contributed by atoms with Crippen LogP contribution in [-0.4, -0.2) is 24.5 Å². The number of rotatable bonds is 1. The van der Waals surface area contributed by atoms with E-state index in [1.54, 1.807) is 23.0 Å². The molecule has 2 N–H and O–H groups in total. The van der Waals surface area contributed by atoms with E-state index in [1.807, 2.05) is 42.5 Å². The van der Waals surface area contributed by atoms with Gasteiger partial charge >= 0.3 is 0 Å². The van der Waals surface area contributed by atoms with Crippen LogP contribution >= 0.6 is 11.6 Å². The Morgan fingerprint density at radius 3 is 2.62 bits per heavy atom. The maximum atomic E-state index is 12.2. The zero-order valence-corrected chi connectivity index (χ0v) is 12.4. The van der Waals surface area contributed by atoms with Crippen molar-refractivity contribution in [3.05, 3.63) is 64.7 Å². The second-order valence-electron chi connectivity index (χ2n) is 5.14. The summed E-state index contributed by atoms with van der Waals surface area (Å²) < 4.78 is 0. The van der Waals surface area contributed by atoms with Gasteiger partial charge in [0.05, 0.1) is 12.6 Å². The number of fused-ring (bicyclic) bond motifs is 1. The number of hydrogen-bond donors (Lipinski definition) is 1. The highest BCUT2D eigenvalue weighted by Gasteiger charge is 2.31. The average molecular weight is 302 g/mol. The van der Waals surface area contributed by atoms with Crippen molar-refractivity contribution in [3.63, 3.8) is 0 Å². The van der Waals surface area contributed by atoms with Gasteiger partial charge in [-0.3, -0.25) is 10.6 Å². The number of anilines is 1. The number of hydrogen-bond acceptors (Lipinski definition) is 3. The van der Waals surface area contributed by atoms with Crippen molar-refractivity contribution in [2.24, 2.45) is 5.84 Å². The van der Waals surface area contributed by atoms with Crippen molar-refractivity contribution < 1.29 is 4.79 Å². The quantitative estimate of drug-likeness (QED) is 0.824. The van der Waals surface area contributed by atoms with Crippen molar-refractivity contribution in [1.82, 2.24) is 5.01 Å². The van der Waals surface area contributed by atoms with Gasteiger partial charge in [0, 0.05) is 23.3 Å². The molecule has 0 radical (unpaired) electrons. The fourth-order valence-corrected chi connectivity index (χ4v) is 2.90. The Morgan fingerprint density at radius 2 is 1.90 bits per heavy atom. The molecule has 0 bridgehead atoms. The molecule has 3 rings (SSSR count). The lowest BCUT2D eigenvalue weighted by molar-refractivity contribution is -0.119. The van der Waals surface area contributed by atoms with Gasteiger partial charge in [-0.1, -0.05) is 41.9 Å². The predicted octanol–water partition coefficient (Wildman–Crippen LogP) is 2.58. The third-order valence-corrected chi connectivity index (χ3v) is 4.02. The molecule has 0 aliphatic carbocycles. The first-order chi connectivity index (χ1) is 10.1. The summed E-state index contributed by atoms with van der Waals surface area (Å²) in [6, 6.07) is 15.2. The van der Waals surface area contributed by atoms with E-state index in [4.69, 9.17) is 17.4 Å². The molecule has 21 heavy (non-hydrogen) atoms. The number of benzene rings is 2. The van der Waals surface area contributed by atoms with Crippen LogP contribution in [-0.2, 0) is 4.79 Å². The molecule has 1 atom stereocenters. The molecule has 0 saturated carbocycles. The van der Waals surface area contributed by atoms with Crippen molar-refractivity contribution in [1.29, 1.82) is 0 Å². The van der Waals surface area contributed by atoms with Crippen molar-refractivity contribution in [2.45, 2.75) is 6.04 Å². The van der Waals surface area contributed by atoms with Gasteiger partial charge < -0.3 is 4.90 Å². The highest BCUT2D eigenvalue weighted by atomic mass is 35.5. The Kier molecular flexibility index (Phi) is 3.68. The summed E-state index contributed by atoms with van der Waals surface area (Å²) in [7, 11) is 1.76. The third kappa shape index (κ3) is 2.53. The molecule has 1 unspecified atom stereocenters. The first kappa shape index (κ1) is 14.1. The van der Waals surface area contributed by atoms with Gasteiger partial charge in [0.15, 0.2) is 0 Å². The number of amides is 1. The molecule has 4 nitrogen and oxygen atoms in total. The Morgan fingerprint density at radius 1 is 1.19 bits per heavy atom. The Hall–Kier alpha value is -1.88. The first-order valence-corrected chi connectivity index (χ1v) is 7.08. The van der Waals surface area contributed by atoms with E-state index in [0.717, 1.165) is 16.8 Å². The van der Waals surface area contributed by atoms with E-state index < -0.39 is 0 Å². The van der Waals surface area contributed by atoms with Crippen LogP contribution in [0, 0.1) is 0 Å². The Balaban J connectivity index is 2.21. The number of carbonyl (C=O) groups excluding carboxylic acids is 1. The summed E-state index contributed by atoms with van der Waals surface area (Å²) in [4.78, 5) is 13.9. The third-order valence-electron chi connectivity index (χ3n) is 3.78. The van der Waals surface area contributed by atoms with Crippen molar-refractivity contribution in [3.8, 4) is 0 Å². The zero-order chi connectivity index (χ0) is 15.0. The Labute approximate surface area is 128 Å². The standard InChI is InChI=1S/C16H16ClN3O/c1-19-14-8-7-12(17)9-13(14)16(20(18)10-15(19)21)11-5-3-2-4-6-11/h2-9,16H,10,18H2,1H3. The fourth-order valence-electron chi connectivity index (χ4n) is 2.72. The highest BCUT2D eigenvalue weighted by Crippen LogP contribution is 2.37. The van der Waals surface area contributed by atoms with Gasteiger partial charge in [0.2, 0.25) is 5.91 Å². The number of nitrogens with zero attached hydrogens (tertiary/aromatic N) is 2. The molecule has 2 aromatic rings. The molecule has 0 aromatic heterocycles. The molecule has 1 aliphatic rings. The molecular formula is C16H16ClN3O. The average Bonchev–Trinajstić information content (AvgIpc) is 2.56. The first-order valence-electron chi connectivity index (χ1n) is 6.70. The molecule has 1 amide bonds. The lowest BCUT2D eigenvalue weighted by Crippen LogP contribution is -2.41. The van der Waals surface area contributed by atoms with Crippen LogP contribution in [0.25, 0.3) is 0 Å². The second-order valence-corrected chi connectivity index (χ2v) is 5.58. The van der Waals surface area contributed by atoms with Gasteiger partial charge in [-0.25, -0.2) is 5.01 Å². The summed E-state index contributed by atoms with van der Waals surface area (Å²) >= 11 is 6.15. The minimum atomic E-state index is -0.200. The maximum Gasteiger partial charge on any atom is 0.242 e. The van der Waals surface area contributed by atoms with Crippen LogP contribution in [0.15, 0.2) is 48.5 Å². The van der Waals surface area contributed by atoms with Crippen LogP contribution in [0.3, 0.4) is 0 Å². The number of nitrogens with two attached hydrogens (primary N) is 1. The minimum Gasteiger partial charge on any atom is -0.314 e. The van der Waals surface area contributed by atoms with Crippen LogP contribution in [0.5, 0.6) is 0 Å². The minimum absolute atomic E-state index is 0.0421. The smallest absolute Gasteiger partial charge is 0.242 e. The summed E-state index contributed by atoms with van der Waals surface area (Å²) in [5.74, 6) is 6.13. The van der Waals surface area contributed by atoms with E-state index in [1.165, 1.54) is 0 Å². The lowest BCUT2D eigenvalue weighted by Gasteiger charge is -2.26. The van der Waals surface area contributed by atoms with Gasteiger partial charge in [0.1, 0.15) is 0 Å². The molecule has 1 aliphatic heterocycles. The van der Waals surface area contributed by atoms with E-state index >= 15 is 0 Å². The lowest BCUT2D eigenvalue weighted by atomic mass is 9.97. The number of carbonyl (C=O) groups is 1. The van der Waals surface area contributed by atoms with Crippen molar-refractivity contribution >= 4 is 23.2 Å². The van der Waals surface area contributed by atoms with Crippen LogP contribution < -0.4 is 10.7 Å². The van der Waals surface area contributed by atoms with Crippen LogP contribution in [0.2, 0.25) is 5.02 Å². The molecule has 108 valence electrons. The second kappa shape index (κ2) is 5.48. The normalized spacial score (nSPS) is 19.3. The van der Waals surface area contributed by atoms with Gasteiger partial charge in [0.25, 0.3) is 0 Å². The predicted molar refractivity (Wildman–Crippen MR) is 84.0 cm³/mol. The maximum absolute atomic E-state index is 12.2. The largest absolute Gasteiger partial charge is 0.314 e. The molecule has 2 aromatic carbocycles. The molecule has 5 heteroatoms. The van der Waals surface area contributed by atoms with Gasteiger partial charge in [-0.2, -0.15) is 0 Å². The number of halogens is 1. The Bertz CT molecular complexity index is 674. The van der Waals surface area contributed by atoms with Crippen LogP contribution in [0.1, 0.15) is 17.2 Å². The van der Waals surface area contributed by atoms with Crippen molar-refractivity contribution in [2.75, 3.05) is 18.5 Å². The summed E-state index contributed by atoms with van der Waals surface area (Å²) in [5.41, 5.74) is 2.81. The monoisotopic (exact) mass is 301 g/mol. The summed E-state index contributed by atoms with van der Waals surface area (Å²) in [6.45, 7) is 0.155. The summed E-state index contributed by atoms with van der Waals surface area (Å²) in [6.07, 6.45) is 0. The molecule has 0 spiro atoms. The van der Waals surface area contributed by atoms with Crippen LogP contribution in [0.4, 0.5) is 5.69 Å². The molecule has 1 heterocycles. The van der Waals surface area contributed by atoms with E-state index in [0.29, 0.717) is 5.02 Å². The number of hydrazine groups is 1. The SMILES string of the molecule is CN1C(=O)CN(N)C(c2ccccc2)c2cc(Cl)ccc21. The molecule has 0 saturated heterocycles. The highest BCUT2D eigenvalue weighted by molar-refractivity contribution is 6.30. The van der Waals surface area contributed by atoms with E-state index in [-0.39, 0.29) is 18.5 Å². The fraction of sp³-hybridized carbons (Fsp3) is 0.188. The number of likely N-dealkylation sites (N-methyl/N-ethyl adjacent to an activating group) is 1. The zero-order valence-electron chi connectivity index (χ0n) is 11.7. The van der Waals surface area contributed by atoms with Gasteiger partial charge in [-0.15, -0.1) is 0 Å². The van der Waals surface area contributed by atoms with E-state index in [9.17, 15) is 4.79 Å². The topological polar surface area (TPSA) is 49.6 Å². The van der Waals surface area contributed by atoms with Gasteiger partial charge in [-0.05, 0) is 23.8 Å². The molecular weight excluding hydrogens is 286 g/mol. The molecule has 0 fully saturated rings. The van der Waals surface area contributed by atoms with E-state index in [2.05, 4.69) is 0 Å². The summed E-state index contributed by atoms with van der Waals surface area (Å²) in [5, 5.41) is 2.20.